The van der Waals surface area contributed by atoms with E-state index in [2.05, 4.69) is 0 Å². The first-order chi connectivity index (χ1) is 4.95. The van der Waals surface area contributed by atoms with Gasteiger partial charge in [0.1, 0.15) is 23.5 Å². The van der Waals surface area contributed by atoms with Gasteiger partial charge in [0, 0.05) is 0 Å². The number of halogens is 2. The van der Waals surface area contributed by atoms with Gasteiger partial charge >= 0.3 is 0 Å². The summed E-state index contributed by atoms with van der Waals surface area (Å²) in [5.74, 6) is 0. The lowest BCUT2D eigenvalue weighted by molar-refractivity contribution is -0.00740. The molecule has 0 aromatic carbocycles. The van der Waals surface area contributed by atoms with Crippen molar-refractivity contribution in [1.29, 1.82) is 0 Å². The molecular weight excluding hydrogens is 191 g/mol. The molecule has 0 aromatic heterocycles. The number of ether oxygens (including phenoxy) is 1. The number of hydrogen-bond donors (Lipinski definition) is 4. The third kappa shape index (κ3) is 4.76. The maximum absolute atomic E-state index is 5.37. The standard InChI is InChI=1S/C4H12Cl2N4O/c5-1(7)3(9)11-4(10)2(6)8/h1-4H,7-10H2. The average Bonchev–Trinajstić information content (AvgIpc) is 1.87. The Labute approximate surface area is 74.9 Å². The third-order valence-electron chi connectivity index (χ3n) is 0.942. The molecule has 68 valence electrons. The Morgan fingerprint density at radius 1 is 0.818 bits per heavy atom. The minimum Gasteiger partial charge on any atom is -0.340 e. The highest BCUT2D eigenvalue weighted by atomic mass is 35.5. The van der Waals surface area contributed by atoms with E-state index in [4.69, 9.17) is 50.9 Å². The van der Waals surface area contributed by atoms with Gasteiger partial charge in [0.25, 0.3) is 0 Å². The van der Waals surface area contributed by atoms with Crippen LogP contribution in [0, 0.1) is 0 Å². The summed E-state index contributed by atoms with van der Waals surface area (Å²) in [5.41, 5.74) is 19.2. The van der Waals surface area contributed by atoms with E-state index in [9.17, 15) is 0 Å². The molecule has 8 N–H and O–H groups in total. The van der Waals surface area contributed by atoms with Crippen LogP contribution in [0.4, 0.5) is 0 Å². The van der Waals surface area contributed by atoms with Crippen molar-refractivity contribution in [2.75, 3.05) is 0 Å². The fourth-order valence-electron chi connectivity index (χ4n) is 0.332. The average molecular weight is 203 g/mol. The van der Waals surface area contributed by atoms with Gasteiger partial charge in [-0.15, -0.1) is 23.2 Å². The van der Waals surface area contributed by atoms with Crippen molar-refractivity contribution in [2.45, 2.75) is 23.5 Å². The van der Waals surface area contributed by atoms with Crippen molar-refractivity contribution >= 4 is 23.2 Å². The largest absolute Gasteiger partial charge is 0.340 e. The van der Waals surface area contributed by atoms with E-state index in [1.807, 2.05) is 0 Å². The van der Waals surface area contributed by atoms with E-state index in [-0.39, 0.29) is 0 Å². The highest BCUT2D eigenvalue weighted by Crippen LogP contribution is 2.00. The second-order valence-corrected chi connectivity index (χ2v) is 2.96. The van der Waals surface area contributed by atoms with Gasteiger partial charge in [-0.3, -0.25) is 0 Å². The summed E-state index contributed by atoms with van der Waals surface area (Å²) in [6, 6.07) is 0. The predicted molar refractivity (Wildman–Crippen MR) is 44.7 cm³/mol. The van der Waals surface area contributed by atoms with Crippen LogP contribution in [0.15, 0.2) is 0 Å². The molecule has 4 atom stereocenters. The lowest BCUT2D eigenvalue weighted by atomic mass is 10.5. The lowest BCUT2D eigenvalue weighted by Crippen LogP contribution is -2.49. The monoisotopic (exact) mass is 202 g/mol. The van der Waals surface area contributed by atoms with Gasteiger partial charge in [0.05, 0.1) is 0 Å². The summed E-state index contributed by atoms with van der Waals surface area (Å²) in [7, 11) is 0. The van der Waals surface area contributed by atoms with Gasteiger partial charge < -0.3 is 27.7 Å². The second kappa shape index (κ2) is 5.10. The highest BCUT2D eigenvalue weighted by Gasteiger charge is 2.17. The van der Waals surface area contributed by atoms with Gasteiger partial charge in [-0.1, -0.05) is 0 Å². The Kier molecular flexibility index (Phi) is 5.28. The molecule has 0 rings (SSSR count). The van der Waals surface area contributed by atoms with Crippen LogP contribution in [0.5, 0.6) is 0 Å². The number of rotatable bonds is 4. The predicted octanol–water partition coefficient (Wildman–Crippen LogP) is -1.38. The normalized spacial score (nSPS) is 22.4. The van der Waals surface area contributed by atoms with Crippen LogP contribution >= 0.6 is 23.2 Å². The van der Waals surface area contributed by atoms with E-state index in [0.717, 1.165) is 0 Å². The molecule has 5 nitrogen and oxygen atoms in total. The lowest BCUT2D eigenvalue weighted by Gasteiger charge is -2.21. The summed E-state index contributed by atoms with van der Waals surface area (Å²) in [6.07, 6.45) is -1.73. The zero-order valence-electron chi connectivity index (χ0n) is 5.78. The Balaban J connectivity index is 3.66. The van der Waals surface area contributed by atoms with Crippen LogP contribution < -0.4 is 22.9 Å². The topological polar surface area (TPSA) is 113 Å². The van der Waals surface area contributed by atoms with Gasteiger partial charge in [-0.05, 0) is 0 Å². The van der Waals surface area contributed by atoms with E-state index in [1.54, 1.807) is 0 Å². The molecule has 0 aliphatic carbocycles. The Morgan fingerprint density at radius 3 is 1.27 bits per heavy atom. The van der Waals surface area contributed by atoms with Crippen molar-refractivity contribution in [2.24, 2.45) is 22.9 Å². The molecule has 0 spiro atoms. The van der Waals surface area contributed by atoms with Crippen molar-refractivity contribution in [3.63, 3.8) is 0 Å². The zero-order chi connectivity index (χ0) is 9.02. The molecule has 11 heavy (non-hydrogen) atoms. The van der Waals surface area contributed by atoms with Crippen molar-refractivity contribution in [3.05, 3.63) is 0 Å². The molecule has 0 aromatic rings. The summed E-state index contributed by atoms with van der Waals surface area (Å²) in [5, 5.41) is 0. The molecule has 0 fully saturated rings. The number of nitrogens with two attached hydrogens (primary N) is 4. The highest BCUT2D eigenvalue weighted by molar-refractivity contribution is 6.21. The van der Waals surface area contributed by atoms with E-state index < -0.39 is 23.5 Å². The molecule has 0 saturated heterocycles. The molecule has 0 amide bonds. The molecule has 7 heteroatoms. The molecular formula is C4H12Cl2N4O. The summed E-state index contributed by atoms with van der Waals surface area (Å²) in [6.45, 7) is 0. The Morgan fingerprint density at radius 2 is 1.09 bits per heavy atom. The quantitative estimate of drug-likeness (QED) is 0.255. The van der Waals surface area contributed by atoms with Crippen LogP contribution in [-0.2, 0) is 4.74 Å². The molecule has 0 bridgehead atoms. The third-order valence-corrected chi connectivity index (χ3v) is 1.44. The molecule has 0 radical (unpaired) electrons. The Bertz CT molecular complexity index is 100. The van der Waals surface area contributed by atoms with Crippen LogP contribution in [-0.4, -0.2) is 23.5 Å². The minimum atomic E-state index is -0.864. The second-order valence-electron chi connectivity index (χ2n) is 1.95. The number of hydrogen-bond acceptors (Lipinski definition) is 5. The smallest absolute Gasteiger partial charge is 0.137 e. The number of alkyl halides is 2. The molecule has 0 heterocycles. The summed E-state index contributed by atoms with van der Waals surface area (Å²) >= 11 is 10.7. The molecule has 0 aliphatic heterocycles. The maximum atomic E-state index is 5.37. The van der Waals surface area contributed by atoms with E-state index >= 15 is 0 Å². The van der Waals surface area contributed by atoms with Crippen molar-refractivity contribution in [1.82, 2.24) is 0 Å². The van der Waals surface area contributed by atoms with E-state index in [1.165, 1.54) is 0 Å². The van der Waals surface area contributed by atoms with Crippen LogP contribution in [0.25, 0.3) is 0 Å². The van der Waals surface area contributed by atoms with Gasteiger partial charge in [-0.25, -0.2) is 0 Å². The van der Waals surface area contributed by atoms with Crippen LogP contribution in [0.3, 0.4) is 0 Å². The van der Waals surface area contributed by atoms with Crippen molar-refractivity contribution < 1.29 is 4.74 Å². The summed E-state index contributed by atoms with van der Waals surface area (Å²) < 4.78 is 4.81. The van der Waals surface area contributed by atoms with Crippen molar-refractivity contribution in [3.8, 4) is 0 Å². The molecule has 0 aliphatic rings. The summed E-state index contributed by atoms with van der Waals surface area (Å²) in [4.78, 5) is 0. The Hall–Kier alpha value is 0.380. The van der Waals surface area contributed by atoms with Crippen LogP contribution in [0.2, 0.25) is 0 Å². The SMILES string of the molecule is NC(Cl)C(N)OC(N)C(N)Cl. The van der Waals surface area contributed by atoms with Gasteiger partial charge in [0.2, 0.25) is 0 Å². The first-order valence-corrected chi connectivity index (χ1v) is 3.78. The van der Waals surface area contributed by atoms with E-state index in [0.29, 0.717) is 0 Å². The fourth-order valence-corrected chi connectivity index (χ4v) is 0.450. The van der Waals surface area contributed by atoms with Gasteiger partial charge in [-0.2, -0.15) is 0 Å². The fraction of sp³-hybridized carbons (Fsp3) is 1.00. The van der Waals surface area contributed by atoms with Gasteiger partial charge in [0.15, 0.2) is 0 Å². The first kappa shape index (κ1) is 11.4. The first-order valence-electron chi connectivity index (χ1n) is 2.91. The van der Waals surface area contributed by atoms with Crippen LogP contribution in [0.1, 0.15) is 0 Å². The molecule has 0 saturated carbocycles. The molecule has 4 unspecified atom stereocenters. The zero-order valence-corrected chi connectivity index (χ0v) is 7.29. The minimum absolute atomic E-state index is 0.823. The maximum Gasteiger partial charge on any atom is 0.137 e.